The first kappa shape index (κ1) is 14.2. The zero-order chi connectivity index (χ0) is 13.9. The highest BCUT2D eigenvalue weighted by molar-refractivity contribution is 7.89. The molecule has 1 saturated carbocycles. The number of sulfonamides is 1. The predicted octanol–water partition coefficient (Wildman–Crippen LogP) is 1.22. The molecule has 0 bridgehead atoms. The van der Waals surface area contributed by atoms with E-state index in [-0.39, 0.29) is 16.8 Å². The molecule has 6 nitrogen and oxygen atoms in total. The van der Waals surface area contributed by atoms with Crippen molar-refractivity contribution in [2.75, 3.05) is 5.43 Å². The fraction of sp³-hybridized carbons (Fsp3) is 0.583. The summed E-state index contributed by atoms with van der Waals surface area (Å²) in [7, 11) is -3.59. The average Bonchev–Trinajstić information content (AvgIpc) is 2.41. The van der Waals surface area contributed by atoms with E-state index in [1.54, 1.807) is 6.07 Å². The van der Waals surface area contributed by atoms with Crippen LogP contribution >= 0.6 is 0 Å². The van der Waals surface area contributed by atoms with Gasteiger partial charge in [-0.3, -0.25) is 0 Å². The molecule has 1 aliphatic rings. The van der Waals surface area contributed by atoms with E-state index >= 15 is 0 Å². The van der Waals surface area contributed by atoms with Gasteiger partial charge in [-0.05, 0) is 30.9 Å². The molecule has 1 aromatic heterocycles. The van der Waals surface area contributed by atoms with Gasteiger partial charge in [-0.15, -0.1) is 0 Å². The second-order valence-electron chi connectivity index (χ2n) is 4.98. The first-order valence-corrected chi connectivity index (χ1v) is 7.97. The molecule has 106 valence electrons. The SMILES string of the molecule is CC1CCCCC1NS(=O)(=O)c1cccnc1NN. The molecule has 1 heterocycles. The minimum Gasteiger partial charge on any atom is -0.307 e. The average molecular weight is 284 g/mol. The van der Waals surface area contributed by atoms with Gasteiger partial charge in [0.1, 0.15) is 4.90 Å². The van der Waals surface area contributed by atoms with Crippen LogP contribution in [0.25, 0.3) is 0 Å². The van der Waals surface area contributed by atoms with E-state index in [1.807, 2.05) is 0 Å². The summed E-state index contributed by atoms with van der Waals surface area (Å²) >= 11 is 0. The van der Waals surface area contributed by atoms with Gasteiger partial charge in [0, 0.05) is 12.2 Å². The third-order valence-electron chi connectivity index (χ3n) is 3.61. The third-order valence-corrected chi connectivity index (χ3v) is 5.14. The summed E-state index contributed by atoms with van der Waals surface area (Å²) in [6.45, 7) is 2.08. The zero-order valence-corrected chi connectivity index (χ0v) is 11.8. The number of aromatic nitrogens is 1. The molecule has 19 heavy (non-hydrogen) atoms. The van der Waals surface area contributed by atoms with Crippen LogP contribution in [0.4, 0.5) is 5.82 Å². The first-order chi connectivity index (χ1) is 9.04. The molecule has 4 N–H and O–H groups in total. The minimum absolute atomic E-state index is 0.00965. The quantitative estimate of drug-likeness (QED) is 0.570. The Kier molecular flexibility index (Phi) is 4.38. The zero-order valence-electron chi connectivity index (χ0n) is 11.0. The van der Waals surface area contributed by atoms with Gasteiger partial charge in [0.25, 0.3) is 0 Å². The van der Waals surface area contributed by atoms with Crippen molar-refractivity contribution in [1.29, 1.82) is 0 Å². The van der Waals surface area contributed by atoms with E-state index in [2.05, 4.69) is 22.1 Å². The third kappa shape index (κ3) is 3.23. The monoisotopic (exact) mass is 284 g/mol. The van der Waals surface area contributed by atoms with Gasteiger partial charge in [-0.1, -0.05) is 19.8 Å². The number of rotatable bonds is 4. The number of pyridine rings is 1. The lowest BCUT2D eigenvalue weighted by molar-refractivity contribution is 0.310. The molecule has 0 aromatic carbocycles. The number of hydrazine groups is 1. The van der Waals surface area contributed by atoms with Crippen molar-refractivity contribution < 1.29 is 8.42 Å². The van der Waals surface area contributed by atoms with Crippen LogP contribution < -0.4 is 16.0 Å². The Morgan fingerprint density at radius 2 is 2.11 bits per heavy atom. The van der Waals surface area contributed by atoms with Crippen LogP contribution in [0, 0.1) is 5.92 Å². The highest BCUT2D eigenvalue weighted by atomic mass is 32.2. The highest BCUT2D eigenvalue weighted by Crippen LogP contribution is 2.26. The summed E-state index contributed by atoms with van der Waals surface area (Å²) in [5.41, 5.74) is 2.32. The van der Waals surface area contributed by atoms with Crippen LogP contribution in [0.1, 0.15) is 32.6 Å². The van der Waals surface area contributed by atoms with Crippen LogP contribution in [0.2, 0.25) is 0 Å². The van der Waals surface area contributed by atoms with Crippen LogP contribution in [0.3, 0.4) is 0 Å². The molecule has 0 amide bonds. The van der Waals surface area contributed by atoms with Crippen molar-refractivity contribution in [3.05, 3.63) is 18.3 Å². The molecular weight excluding hydrogens is 264 g/mol. The van der Waals surface area contributed by atoms with Gasteiger partial charge in [-0.2, -0.15) is 0 Å². The second kappa shape index (κ2) is 5.85. The van der Waals surface area contributed by atoms with Gasteiger partial charge in [0.2, 0.25) is 10.0 Å². The molecule has 0 radical (unpaired) electrons. The maximum absolute atomic E-state index is 12.4. The van der Waals surface area contributed by atoms with Gasteiger partial charge < -0.3 is 5.43 Å². The fourth-order valence-corrected chi connectivity index (χ4v) is 3.97. The van der Waals surface area contributed by atoms with Crippen molar-refractivity contribution >= 4 is 15.8 Å². The number of nitrogens with one attached hydrogen (secondary N) is 2. The standard InChI is InChI=1S/C12H20N4O2S/c1-9-5-2-3-6-10(9)16-19(17,18)11-7-4-8-14-12(11)15-13/h4,7-10,16H,2-3,5-6,13H2,1H3,(H,14,15). The number of nitrogens with two attached hydrogens (primary N) is 1. The summed E-state index contributed by atoms with van der Waals surface area (Å²) in [5, 5.41) is 0. The van der Waals surface area contributed by atoms with Gasteiger partial charge >= 0.3 is 0 Å². The molecule has 1 aromatic rings. The van der Waals surface area contributed by atoms with E-state index in [9.17, 15) is 8.42 Å². The molecule has 0 spiro atoms. The second-order valence-corrected chi connectivity index (χ2v) is 6.67. The Morgan fingerprint density at radius 1 is 1.37 bits per heavy atom. The maximum Gasteiger partial charge on any atom is 0.244 e. The fourth-order valence-electron chi connectivity index (χ4n) is 2.47. The van der Waals surface area contributed by atoms with Gasteiger partial charge in [0.15, 0.2) is 5.82 Å². The Labute approximate surface area is 113 Å². The Hall–Kier alpha value is -1.18. The molecular formula is C12H20N4O2S. The summed E-state index contributed by atoms with van der Waals surface area (Å²) < 4.78 is 27.5. The van der Waals surface area contributed by atoms with Crippen LogP contribution in [-0.4, -0.2) is 19.4 Å². The number of nitrogens with zero attached hydrogens (tertiary/aromatic N) is 1. The summed E-state index contributed by atoms with van der Waals surface area (Å²) in [6, 6.07) is 3.07. The Balaban J connectivity index is 2.22. The van der Waals surface area contributed by atoms with E-state index in [0.717, 1.165) is 19.3 Å². The van der Waals surface area contributed by atoms with Crippen LogP contribution in [0.15, 0.2) is 23.2 Å². The molecule has 2 rings (SSSR count). The van der Waals surface area contributed by atoms with Crippen LogP contribution in [0.5, 0.6) is 0 Å². The van der Waals surface area contributed by atoms with Crippen molar-refractivity contribution in [3.63, 3.8) is 0 Å². The topological polar surface area (TPSA) is 97.1 Å². The molecule has 0 saturated heterocycles. The van der Waals surface area contributed by atoms with Crippen molar-refractivity contribution in [2.24, 2.45) is 11.8 Å². The largest absolute Gasteiger partial charge is 0.307 e. The maximum atomic E-state index is 12.4. The van der Waals surface area contributed by atoms with Crippen LogP contribution in [-0.2, 0) is 10.0 Å². The Bertz CT molecular complexity index is 532. The molecule has 1 fully saturated rings. The number of hydrogen-bond donors (Lipinski definition) is 3. The molecule has 0 aliphatic heterocycles. The van der Waals surface area contributed by atoms with E-state index in [4.69, 9.17) is 5.84 Å². The molecule has 7 heteroatoms. The molecule has 1 aliphatic carbocycles. The number of anilines is 1. The first-order valence-electron chi connectivity index (χ1n) is 6.48. The van der Waals surface area contributed by atoms with E-state index in [1.165, 1.54) is 18.7 Å². The normalized spacial score (nSPS) is 24.1. The molecule has 2 atom stereocenters. The van der Waals surface area contributed by atoms with Gasteiger partial charge in [-0.25, -0.2) is 24.0 Å². The Morgan fingerprint density at radius 3 is 2.79 bits per heavy atom. The van der Waals surface area contributed by atoms with Crippen molar-refractivity contribution in [1.82, 2.24) is 9.71 Å². The summed E-state index contributed by atoms with van der Waals surface area (Å²) in [6.07, 6.45) is 5.67. The minimum atomic E-state index is -3.59. The van der Waals surface area contributed by atoms with Gasteiger partial charge in [0.05, 0.1) is 0 Å². The summed E-state index contributed by atoms with van der Waals surface area (Å²) in [5.74, 6) is 5.82. The number of hydrogen-bond acceptors (Lipinski definition) is 5. The lowest BCUT2D eigenvalue weighted by atomic mass is 9.87. The van der Waals surface area contributed by atoms with E-state index < -0.39 is 10.0 Å². The van der Waals surface area contributed by atoms with Crippen molar-refractivity contribution in [2.45, 2.75) is 43.5 Å². The summed E-state index contributed by atoms with van der Waals surface area (Å²) in [4.78, 5) is 4.01. The lowest BCUT2D eigenvalue weighted by Crippen LogP contribution is -2.41. The smallest absolute Gasteiger partial charge is 0.244 e. The highest BCUT2D eigenvalue weighted by Gasteiger charge is 2.28. The van der Waals surface area contributed by atoms with Crippen molar-refractivity contribution in [3.8, 4) is 0 Å². The predicted molar refractivity (Wildman–Crippen MR) is 73.8 cm³/mol. The molecule has 2 unspecified atom stereocenters. The number of nitrogen functional groups attached to an aromatic ring is 1. The lowest BCUT2D eigenvalue weighted by Gasteiger charge is -2.29. The van der Waals surface area contributed by atoms with E-state index in [0.29, 0.717) is 5.92 Å².